The van der Waals surface area contributed by atoms with E-state index < -0.39 is 0 Å². The first-order valence-electron chi connectivity index (χ1n) is 12.3. The van der Waals surface area contributed by atoms with Gasteiger partial charge in [-0.25, -0.2) is 9.67 Å². The molecule has 0 atom stereocenters. The molecule has 1 aliphatic heterocycles. The maximum atomic E-state index is 12.2. The van der Waals surface area contributed by atoms with Crippen LogP contribution in [0.2, 0.25) is 0 Å². The van der Waals surface area contributed by atoms with E-state index in [0.29, 0.717) is 30.7 Å². The van der Waals surface area contributed by atoms with Crippen LogP contribution >= 0.6 is 0 Å². The van der Waals surface area contributed by atoms with E-state index in [0.717, 1.165) is 80.6 Å². The maximum absolute atomic E-state index is 12.2. The quantitative estimate of drug-likeness (QED) is 0.518. The van der Waals surface area contributed by atoms with Crippen LogP contribution in [-0.4, -0.2) is 57.2 Å². The Morgan fingerprint density at radius 2 is 2.00 bits per heavy atom. The van der Waals surface area contributed by atoms with Gasteiger partial charge in [0.05, 0.1) is 22.8 Å². The standard InChI is InChI=1S/C24H33N7O3/c1-3-31-22-17(15-27-31)21(28-16-6-10-33-11-7-16)18(14-26-22)23-30-29-20(34-23)13-24(8-4-5-9-24)12-19(32)25-2/h14-16H,3-13H2,1-2H3,(H,25,32)(H,26,28). The molecule has 1 amide bonds. The Morgan fingerprint density at radius 1 is 1.21 bits per heavy atom. The molecular weight excluding hydrogens is 434 g/mol. The fraction of sp³-hybridized carbons (Fsp3) is 0.625. The molecule has 1 saturated heterocycles. The predicted molar refractivity (Wildman–Crippen MR) is 127 cm³/mol. The molecule has 10 heteroatoms. The molecule has 0 bridgehead atoms. The van der Waals surface area contributed by atoms with E-state index in [1.54, 1.807) is 13.2 Å². The number of carbonyl (C=O) groups excluding carboxylic acids is 1. The lowest BCUT2D eigenvalue weighted by atomic mass is 9.79. The third-order valence-electron chi connectivity index (χ3n) is 7.24. The zero-order valence-corrected chi connectivity index (χ0v) is 20.0. The van der Waals surface area contributed by atoms with E-state index >= 15 is 0 Å². The van der Waals surface area contributed by atoms with Crippen molar-refractivity contribution in [2.45, 2.75) is 70.9 Å². The maximum Gasteiger partial charge on any atom is 0.251 e. The number of pyridine rings is 1. The SMILES string of the molecule is CCn1ncc2c(NC3CCOCC3)c(-c3nnc(CC4(CC(=O)NC)CCCC4)o3)cnc21. The Hall–Kier alpha value is -3.01. The monoisotopic (exact) mass is 467 g/mol. The number of rotatable bonds is 8. The highest BCUT2D eigenvalue weighted by Crippen LogP contribution is 2.44. The topological polar surface area (TPSA) is 120 Å². The molecule has 182 valence electrons. The van der Waals surface area contributed by atoms with Crippen LogP contribution in [-0.2, 0) is 22.5 Å². The van der Waals surface area contributed by atoms with Gasteiger partial charge in [-0.3, -0.25) is 4.79 Å². The van der Waals surface area contributed by atoms with Crippen LogP contribution in [0, 0.1) is 5.41 Å². The third-order valence-corrected chi connectivity index (χ3v) is 7.24. The highest BCUT2D eigenvalue weighted by atomic mass is 16.5. The van der Waals surface area contributed by atoms with Crippen LogP contribution in [0.5, 0.6) is 0 Å². The number of hydrogen-bond donors (Lipinski definition) is 2. The van der Waals surface area contributed by atoms with Crippen LogP contribution in [0.25, 0.3) is 22.5 Å². The average Bonchev–Trinajstić information content (AvgIpc) is 3.60. The Balaban J connectivity index is 1.47. The van der Waals surface area contributed by atoms with Crippen LogP contribution in [0.1, 0.15) is 57.8 Å². The number of carbonyl (C=O) groups is 1. The number of aryl methyl sites for hydroxylation is 1. The molecule has 34 heavy (non-hydrogen) atoms. The molecule has 2 N–H and O–H groups in total. The summed E-state index contributed by atoms with van der Waals surface area (Å²) < 4.78 is 13.6. The van der Waals surface area contributed by atoms with Gasteiger partial charge in [0.25, 0.3) is 5.89 Å². The Morgan fingerprint density at radius 3 is 2.74 bits per heavy atom. The van der Waals surface area contributed by atoms with E-state index in [1.165, 1.54) is 0 Å². The lowest BCUT2D eigenvalue weighted by Crippen LogP contribution is -2.29. The van der Waals surface area contributed by atoms with Crippen molar-refractivity contribution in [1.29, 1.82) is 0 Å². The summed E-state index contributed by atoms with van der Waals surface area (Å²) in [5.41, 5.74) is 2.42. The Labute approximate surface area is 198 Å². The molecule has 1 aliphatic carbocycles. The highest BCUT2D eigenvalue weighted by Gasteiger charge is 2.37. The van der Waals surface area contributed by atoms with Crippen molar-refractivity contribution >= 4 is 22.6 Å². The molecule has 4 heterocycles. The Bertz CT molecular complexity index is 1140. The normalized spacial score (nSPS) is 18.4. The van der Waals surface area contributed by atoms with E-state index in [9.17, 15) is 4.79 Å². The molecule has 3 aromatic heterocycles. The number of nitrogens with zero attached hydrogens (tertiary/aromatic N) is 5. The molecule has 0 spiro atoms. The van der Waals surface area contributed by atoms with E-state index in [2.05, 4.69) is 37.8 Å². The highest BCUT2D eigenvalue weighted by molar-refractivity contribution is 5.96. The number of anilines is 1. The number of fused-ring (bicyclic) bond motifs is 1. The number of hydrogen-bond acceptors (Lipinski definition) is 8. The molecule has 1 saturated carbocycles. The lowest BCUT2D eigenvalue weighted by Gasteiger charge is -2.26. The van der Waals surface area contributed by atoms with Crippen molar-refractivity contribution in [3.63, 3.8) is 0 Å². The number of ether oxygens (including phenoxy) is 1. The Kier molecular flexibility index (Phi) is 6.49. The number of nitrogens with one attached hydrogen (secondary N) is 2. The first kappa shape index (κ1) is 22.8. The molecule has 2 fully saturated rings. The second-order valence-corrected chi connectivity index (χ2v) is 9.51. The van der Waals surface area contributed by atoms with Gasteiger partial charge in [-0.1, -0.05) is 12.8 Å². The van der Waals surface area contributed by atoms with Crippen LogP contribution in [0.15, 0.2) is 16.8 Å². The summed E-state index contributed by atoms with van der Waals surface area (Å²) in [5, 5.41) is 20.7. The van der Waals surface area contributed by atoms with Gasteiger partial charge in [0.1, 0.15) is 0 Å². The van der Waals surface area contributed by atoms with Crippen LogP contribution in [0.4, 0.5) is 5.69 Å². The average molecular weight is 468 g/mol. The molecule has 0 radical (unpaired) electrons. The van der Waals surface area contributed by atoms with E-state index in [-0.39, 0.29) is 11.3 Å². The van der Waals surface area contributed by atoms with Gasteiger partial charge >= 0.3 is 0 Å². The summed E-state index contributed by atoms with van der Waals surface area (Å²) >= 11 is 0. The predicted octanol–water partition coefficient (Wildman–Crippen LogP) is 3.33. The zero-order chi connectivity index (χ0) is 23.5. The van der Waals surface area contributed by atoms with Crippen LogP contribution in [0.3, 0.4) is 0 Å². The largest absolute Gasteiger partial charge is 0.421 e. The summed E-state index contributed by atoms with van der Waals surface area (Å²) in [6, 6.07) is 0.291. The molecule has 3 aromatic rings. The summed E-state index contributed by atoms with van der Waals surface area (Å²) in [4.78, 5) is 16.8. The molecule has 0 unspecified atom stereocenters. The van der Waals surface area contributed by atoms with Crippen molar-refractivity contribution in [1.82, 2.24) is 30.3 Å². The van der Waals surface area contributed by atoms with Crippen molar-refractivity contribution < 1.29 is 13.9 Å². The van der Waals surface area contributed by atoms with E-state index in [4.69, 9.17) is 9.15 Å². The van der Waals surface area contributed by atoms with Gasteiger partial charge in [0, 0.05) is 51.9 Å². The van der Waals surface area contributed by atoms with Gasteiger partial charge < -0.3 is 19.8 Å². The summed E-state index contributed by atoms with van der Waals surface area (Å²) in [7, 11) is 1.69. The second-order valence-electron chi connectivity index (χ2n) is 9.51. The fourth-order valence-electron chi connectivity index (χ4n) is 5.35. The first-order valence-corrected chi connectivity index (χ1v) is 12.3. The molecule has 10 nitrogen and oxygen atoms in total. The second kappa shape index (κ2) is 9.69. The lowest BCUT2D eigenvalue weighted by molar-refractivity contribution is -0.123. The molecule has 2 aliphatic rings. The fourth-order valence-corrected chi connectivity index (χ4v) is 5.35. The molecule has 0 aromatic carbocycles. The minimum atomic E-state index is -0.114. The third kappa shape index (κ3) is 4.51. The smallest absolute Gasteiger partial charge is 0.251 e. The van der Waals surface area contributed by atoms with Gasteiger partial charge in [-0.2, -0.15) is 5.10 Å². The summed E-state index contributed by atoms with van der Waals surface area (Å²) in [6.45, 7) is 4.28. The summed E-state index contributed by atoms with van der Waals surface area (Å²) in [6.07, 6.45) is 10.9. The van der Waals surface area contributed by atoms with Crippen LogP contribution < -0.4 is 10.6 Å². The van der Waals surface area contributed by atoms with E-state index in [1.807, 2.05) is 10.9 Å². The number of aromatic nitrogens is 5. The van der Waals surface area contributed by atoms with Gasteiger partial charge in [-0.15, -0.1) is 10.2 Å². The van der Waals surface area contributed by atoms with Crippen molar-refractivity contribution in [3.8, 4) is 11.5 Å². The van der Waals surface area contributed by atoms with Gasteiger partial charge in [0.2, 0.25) is 11.8 Å². The zero-order valence-electron chi connectivity index (χ0n) is 20.0. The van der Waals surface area contributed by atoms with Gasteiger partial charge in [-0.05, 0) is 38.0 Å². The molecule has 5 rings (SSSR count). The minimum absolute atomic E-state index is 0.0622. The van der Waals surface area contributed by atoms with Crippen molar-refractivity contribution in [3.05, 3.63) is 18.3 Å². The number of amides is 1. The molecular formula is C24H33N7O3. The van der Waals surface area contributed by atoms with Gasteiger partial charge in [0.15, 0.2) is 5.65 Å². The minimum Gasteiger partial charge on any atom is -0.421 e. The van der Waals surface area contributed by atoms with Crippen molar-refractivity contribution in [2.75, 3.05) is 25.6 Å². The van der Waals surface area contributed by atoms with Crippen molar-refractivity contribution in [2.24, 2.45) is 5.41 Å². The first-order chi connectivity index (χ1) is 16.6. The summed E-state index contributed by atoms with van der Waals surface area (Å²) in [5.74, 6) is 1.07.